The van der Waals surface area contributed by atoms with Crippen LogP contribution in [0.15, 0.2) is 28.3 Å². The largest absolute Gasteiger partial charge is 0.462 e. The summed E-state index contributed by atoms with van der Waals surface area (Å²) < 4.78 is 34.8. The van der Waals surface area contributed by atoms with Gasteiger partial charge in [0.15, 0.2) is 5.16 Å². The second-order valence-corrected chi connectivity index (χ2v) is 10.5. The number of cyclic esters (lactones) is 1. The monoisotopic (exact) mass is 423 g/mol. The van der Waals surface area contributed by atoms with Crippen molar-refractivity contribution in [1.29, 1.82) is 0 Å². The molecular formula is C19H25N3O4S2. The summed E-state index contributed by atoms with van der Waals surface area (Å²) in [5.41, 5.74) is 1.52. The molecule has 2 aliphatic rings. The van der Waals surface area contributed by atoms with E-state index in [2.05, 4.69) is 4.98 Å². The van der Waals surface area contributed by atoms with Crippen molar-refractivity contribution in [1.82, 2.24) is 13.9 Å². The predicted octanol–water partition coefficient (Wildman–Crippen LogP) is 3.03. The van der Waals surface area contributed by atoms with Crippen LogP contribution in [0.3, 0.4) is 0 Å². The van der Waals surface area contributed by atoms with Crippen molar-refractivity contribution in [3.05, 3.63) is 18.2 Å². The third kappa shape index (κ3) is 3.55. The van der Waals surface area contributed by atoms with Crippen molar-refractivity contribution in [2.45, 2.75) is 67.5 Å². The maximum absolute atomic E-state index is 13.0. The molecule has 9 heteroatoms. The van der Waals surface area contributed by atoms with Crippen molar-refractivity contribution in [3.63, 3.8) is 0 Å². The first-order chi connectivity index (χ1) is 13.4. The Bertz CT molecular complexity index is 996. The number of hydrogen-bond acceptors (Lipinski definition) is 6. The summed E-state index contributed by atoms with van der Waals surface area (Å²) in [6, 6.07) is 5.15. The van der Waals surface area contributed by atoms with Gasteiger partial charge < -0.3 is 9.30 Å². The lowest BCUT2D eigenvalue weighted by atomic mass is 10.2. The number of carbonyl (C=O) groups is 1. The van der Waals surface area contributed by atoms with Gasteiger partial charge in [0, 0.05) is 26.1 Å². The molecule has 2 saturated heterocycles. The van der Waals surface area contributed by atoms with Gasteiger partial charge in [-0.25, -0.2) is 13.4 Å². The second kappa shape index (κ2) is 7.68. The lowest BCUT2D eigenvalue weighted by Crippen LogP contribution is -2.35. The predicted molar refractivity (Wildman–Crippen MR) is 108 cm³/mol. The van der Waals surface area contributed by atoms with Gasteiger partial charge in [-0.1, -0.05) is 18.2 Å². The van der Waals surface area contributed by atoms with Crippen LogP contribution in [0.25, 0.3) is 11.0 Å². The van der Waals surface area contributed by atoms with Gasteiger partial charge >= 0.3 is 5.97 Å². The van der Waals surface area contributed by atoms with Gasteiger partial charge in [-0.15, -0.1) is 0 Å². The number of imidazole rings is 1. The molecule has 0 radical (unpaired) electrons. The summed E-state index contributed by atoms with van der Waals surface area (Å²) in [6.45, 7) is 5.74. The molecule has 0 unspecified atom stereocenters. The highest BCUT2D eigenvalue weighted by molar-refractivity contribution is 8.00. The molecule has 4 rings (SSSR count). The zero-order valence-electron chi connectivity index (χ0n) is 16.1. The van der Waals surface area contributed by atoms with Crippen molar-refractivity contribution >= 4 is 38.8 Å². The molecule has 28 heavy (non-hydrogen) atoms. The van der Waals surface area contributed by atoms with Gasteiger partial charge in [0.05, 0.1) is 15.9 Å². The summed E-state index contributed by atoms with van der Waals surface area (Å²) in [4.78, 5) is 16.9. The van der Waals surface area contributed by atoms with Crippen molar-refractivity contribution in [3.8, 4) is 0 Å². The third-order valence-electron chi connectivity index (χ3n) is 5.33. The quantitative estimate of drug-likeness (QED) is 0.688. The molecule has 0 amide bonds. The third-order valence-corrected chi connectivity index (χ3v) is 8.41. The van der Waals surface area contributed by atoms with Crippen LogP contribution in [-0.4, -0.2) is 52.7 Å². The first-order valence-electron chi connectivity index (χ1n) is 9.77. The smallest absolute Gasteiger partial charge is 0.319 e. The summed E-state index contributed by atoms with van der Waals surface area (Å²) in [5, 5.41) is 0.453. The fourth-order valence-electron chi connectivity index (χ4n) is 3.84. The average molecular weight is 424 g/mol. The van der Waals surface area contributed by atoms with Crippen LogP contribution in [-0.2, 0) is 26.1 Å². The van der Waals surface area contributed by atoms with E-state index in [1.54, 1.807) is 16.4 Å². The van der Waals surface area contributed by atoms with Gasteiger partial charge in [0.25, 0.3) is 0 Å². The number of carbonyl (C=O) groups excluding carboxylic acids is 1. The number of ether oxygens (including phenoxy) is 1. The standard InChI is InChI=1S/C19H25N3O4S2/c1-3-22-16-8-7-14(28(24,25)21-9-5-4-6-10-21)12-15(16)20-19(22)27-17-11-13(2)26-18(17)23/h7-8,12-13,17H,3-6,9-11H2,1-2H3/t13-,17+/m1/s1. The van der Waals surface area contributed by atoms with Crippen molar-refractivity contribution < 1.29 is 17.9 Å². The van der Waals surface area contributed by atoms with E-state index in [0.29, 0.717) is 31.6 Å². The molecule has 2 aromatic rings. The van der Waals surface area contributed by atoms with Gasteiger partial charge in [-0.2, -0.15) is 4.31 Å². The van der Waals surface area contributed by atoms with E-state index in [1.165, 1.54) is 11.8 Å². The molecular weight excluding hydrogens is 398 g/mol. The maximum atomic E-state index is 13.0. The molecule has 1 aromatic carbocycles. The first kappa shape index (κ1) is 19.7. The number of sulfonamides is 1. The van der Waals surface area contributed by atoms with E-state index in [0.717, 1.165) is 29.9 Å². The van der Waals surface area contributed by atoms with Crippen molar-refractivity contribution in [2.75, 3.05) is 13.1 Å². The minimum absolute atomic E-state index is 0.0780. The van der Waals surface area contributed by atoms with Gasteiger partial charge in [0.1, 0.15) is 11.4 Å². The van der Waals surface area contributed by atoms with Gasteiger partial charge in [-0.3, -0.25) is 4.79 Å². The van der Waals surface area contributed by atoms with Crippen LogP contribution in [0.4, 0.5) is 0 Å². The molecule has 0 saturated carbocycles. The maximum Gasteiger partial charge on any atom is 0.319 e. The zero-order chi connectivity index (χ0) is 19.9. The number of aryl methyl sites for hydroxylation is 1. The lowest BCUT2D eigenvalue weighted by Gasteiger charge is -2.25. The fraction of sp³-hybridized carbons (Fsp3) is 0.579. The molecule has 7 nitrogen and oxygen atoms in total. The number of rotatable bonds is 5. The Kier molecular flexibility index (Phi) is 5.41. The Labute approximate surface area is 169 Å². The fourth-order valence-corrected chi connectivity index (χ4v) is 6.66. The van der Waals surface area contributed by atoms with Crippen LogP contribution < -0.4 is 0 Å². The van der Waals surface area contributed by atoms with Crippen LogP contribution in [0.1, 0.15) is 39.5 Å². The Balaban J connectivity index is 1.67. The van der Waals surface area contributed by atoms with E-state index in [4.69, 9.17) is 4.74 Å². The SMILES string of the molecule is CCn1c(S[C@H]2C[C@@H](C)OC2=O)nc2cc(S(=O)(=O)N3CCCCC3)ccc21. The molecule has 0 N–H and O–H groups in total. The Morgan fingerprint density at radius 3 is 2.64 bits per heavy atom. The molecule has 2 fully saturated rings. The summed E-state index contributed by atoms with van der Waals surface area (Å²) >= 11 is 1.40. The number of aromatic nitrogens is 2. The van der Waals surface area contributed by atoms with E-state index in [1.807, 2.05) is 24.5 Å². The molecule has 2 aliphatic heterocycles. The number of thioether (sulfide) groups is 1. The van der Waals surface area contributed by atoms with Gasteiger partial charge in [0.2, 0.25) is 10.0 Å². The van der Waals surface area contributed by atoms with Crippen LogP contribution in [0.5, 0.6) is 0 Å². The number of benzene rings is 1. The van der Waals surface area contributed by atoms with E-state index in [-0.39, 0.29) is 22.2 Å². The van der Waals surface area contributed by atoms with Crippen molar-refractivity contribution in [2.24, 2.45) is 0 Å². The Morgan fingerprint density at radius 1 is 1.25 bits per heavy atom. The molecule has 2 atom stereocenters. The minimum atomic E-state index is -3.50. The van der Waals surface area contributed by atoms with E-state index in [9.17, 15) is 13.2 Å². The average Bonchev–Trinajstić information content (AvgIpc) is 3.20. The normalized spacial score (nSPS) is 24.0. The number of piperidine rings is 1. The Hall–Kier alpha value is -1.58. The second-order valence-electron chi connectivity index (χ2n) is 7.34. The molecule has 1 aromatic heterocycles. The molecule has 0 bridgehead atoms. The molecule has 3 heterocycles. The van der Waals surface area contributed by atoms with Gasteiger partial charge in [-0.05, 0) is 44.9 Å². The lowest BCUT2D eigenvalue weighted by molar-refractivity contribution is -0.140. The zero-order valence-corrected chi connectivity index (χ0v) is 17.8. The molecule has 0 aliphatic carbocycles. The number of nitrogens with zero attached hydrogens (tertiary/aromatic N) is 3. The van der Waals surface area contributed by atoms with Crippen LogP contribution >= 0.6 is 11.8 Å². The summed E-state index contributed by atoms with van der Waals surface area (Å²) in [7, 11) is -3.50. The molecule has 152 valence electrons. The molecule has 0 spiro atoms. The first-order valence-corrected chi connectivity index (χ1v) is 12.1. The number of hydrogen-bond donors (Lipinski definition) is 0. The highest BCUT2D eigenvalue weighted by atomic mass is 32.2. The summed E-state index contributed by atoms with van der Waals surface area (Å²) in [6.07, 6.45) is 3.47. The number of fused-ring (bicyclic) bond motifs is 1. The summed E-state index contributed by atoms with van der Waals surface area (Å²) in [5.74, 6) is -0.208. The van der Waals surface area contributed by atoms with Crippen LogP contribution in [0.2, 0.25) is 0 Å². The Morgan fingerprint density at radius 2 is 2.00 bits per heavy atom. The minimum Gasteiger partial charge on any atom is -0.462 e. The van der Waals surface area contributed by atoms with Crippen LogP contribution in [0, 0.1) is 0 Å². The number of esters is 1. The highest BCUT2D eigenvalue weighted by Crippen LogP contribution is 2.34. The van der Waals surface area contributed by atoms with E-state index >= 15 is 0 Å². The topological polar surface area (TPSA) is 81.5 Å². The highest BCUT2D eigenvalue weighted by Gasteiger charge is 2.34. The van der Waals surface area contributed by atoms with E-state index < -0.39 is 10.0 Å².